The second-order valence-electron chi connectivity index (χ2n) is 10.0. The van der Waals surface area contributed by atoms with Crippen molar-refractivity contribution in [1.82, 2.24) is 19.7 Å². The topological polar surface area (TPSA) is 42.6 Å². The molecule has 2 aliphatic heterocycles. The number of H-pyrrole nitrogens is 1. The highest BCUT2D eigenvalue weighted by atomic mass is 16.2. The van der Waals surface area contributed by atoms with Crippen molar-refractivity contribution >= 4 is 16.8 Å². The number of piperidine rings is 2. The van der Waals surface area contributed by atoms with Gasteiger partial charge in [0.1, 0.15) is 0 Å². The Morgan fingerprint density at radius 3 is 2.58 bits per heavy atom. The van der Waals surface area contributed by atoms with Gasteiger partial charge in [0, 0.05) is 48.8 Å². The number of nitrogens with one attached hydrogen (secondary N) is 1. The van der Waals surface area contributed by atoms with Crippen molar-refractivity contribution in [3.05, 3.63) is 71.9 Å². The second kappa shape index (κ2) is 9.32. The van der Waals surface area contributed by atoms with Crippen molar-refractivity contribution < 1.29 is 4.79 Å². The Morgan fingerprint density at radius 1 is 1.03 bits per heavy atom. The number of aromatic amines is 1. The first-order valence-corrected chi connectivity index (χ1v) is 12.4. The number of fused-ring (bicyclic) bond motifs is 1. The Kier molecular flexibility index (Phi) is 6.26. The number of likely N-dealkylation sites (tertiary alicyclic amines) is 2. The van der Waals surface area contributed by atoms with E-state index < -0.39 is 0 Å². The van der Waals surface area contributed by atoms with Crippen LogP contribution in [0.4, 0.5) is 0 Å². The van der Waals surface area contributed by atoms with E-state index in [0.29, 0.717) is 5.91 Å². The molecule has 2 saturated heterocycles. The maximum Gasteiger partial charge on any atom is 0.226 e. The van der Waals surface area contributed by atoms with E-state index in [2.05, 4.69) is 88.4 Å². The lowest BCUT2D eigenvalue weighted by Crippen LogP contribution is -2.54. The van der Waals surface area contributed by atoms with Crippen molar-refractivity contribution in [3.8, 4) is 0 Å². The quantitative estimate of drug-likeness (QED) is 0.632. The fourth-order valence-electron chi connectivity index (χ4n) is 6.03. The molecular formula is C28H36N4O. The summed E-state index contributed by atoms with van der Waals surface area (Å²) in [6.45, 7) is 4.53. The summed E-state index contributed by atoms with van der Waals surface area (Å²) in [5.74, 6) is 0.479. The molecule has 2 aromatic carbocycles. The van der Waals surface area contributed by atoms with Gasteiger partial charge in [-0.15, -0.1) is 0 Å². The second-order valence-corrected chi connectivity index (χ2v) is 10.0. The number of hydrogen-bond donors (Lipinski definition) is 1. The predicted molar refractivity (Wildman–Crippen MR) is 134 cm³/mol. The summed E-state index contributed by atoms with van der Waals surface area (Å²) in [7, 11) is 4.35. The zero-order valence-electron chi connectivity index (χ0n) is 20.0. The van der Waals surface area contributed by atoms with E-state index in [9.17, 15) is 4.79 Å². The van der Waals surface area contributed by atoms with Gasteiger partial charge < -0.3 is 9.88 Å². The molecule has 0 aliphatic carbocycles. The Bertz CT molecular complexity index is 1080. The van der Waals surface area contributed by atoms with Gasteiger partial charge in [0.05, 0.1) is 5.92 Å². The monoisotopic (exact) mass is 444 g/mol. The van der Waals surface area contributed by atoms with E-state index in [-0.39, 0.29) is 11.5 Å². The molecule has 3 aromatic rings. The zero-order valence-corrected chi connectivity index (χ0v) is 20.0. The average molecular weight is 445 g/mol. The van der Waals surface area contributed by atoms with E-state index in [1.165, 1.54) is 22.0 Å². The molecule has 1 atom stereocenters. The zero-order chi connectivity index (χ0) is 22.8. The molecule has 0 spiro atoms. The molecule has 1 amide bonds. The van der Waals surface area contributed by atoms with Gasteiger partial charge in [0.2, 0.25) is 5.91 Å². The molecule has 0 bridgehead atoms. The first-order chi connectivity index (χ1) is 16.1. The largest absolute Gasteiger partial charge is 0.361 e. The fraction of sp³-hybridized carbons (Fsp3) is 0.464. The van der Waals surface area contributed by atoms with Crippen LogP contribution in [0.3, 0.4) is 0 Å². The van der Waals surface area contributed by atoms with Crippen LogP contribution in [0.2, 0.25) is 0 Å². The number of hydrogen-bond acceptors (Lipinski definition) is 3. The summed E-state index contributed by atoms with van der Waals surface area (Å²) in [6.07, 6.45) is 6.09. The fourth-order valence-corrected chi connectivity index (χ4v) is 6.03. The normalized spacial score (nSPS) is 21.5. The lowest BCUT2D eigenvalue weighted by atomic mass is 9.79. The molecule has 0 radical (unpaired) electrons. The summed E-state index contributed by atoms with van der Waals surface area (Å²) in [4.78, 5) is 23.8. The van der Waals surface area contributed by atoms with Crippen LogP contribution in [0, 0.1) is 5.92 Å². The van der Waals surface area contributed by atoms with Crippen molar-refractivity contribution in [1.29, 1.82) is 0 Å². The number of benzene rings is 2. The summed E-state index contributed by atoms with van der Waals surface area (Å²) in [5, 5.41) is 1.29. The molecule has 2 aliphatic rings. The molecule has 2 fully saturated rings. The molecule has 5 heteroatoms. The standard InChI is InChI=1S/C28H36N4O/c1-30(2)28(24-10-4-3-5-11-24)14-18-32(19-15-28)27(33)23-9-7-17-31(21-23)20-22-8-6-12-26-25(22)13-16-29-26/h3-6,8,10-13,16,23,29H,7,9,14-15,17-21H2,1-2H3. The minimum Gasteiger partial charge on any atom is -0.361 e. The van der Waals surface area contributed by atoms with E-state index in [4.69, 9.17) is 0 Å². The maximum atomic E-state index is 13.5. The van der Waals surface area contributed by atoms with Gasteiger partial charge >= 0.3 is 0 Å². The summed E-state index contributed by atoms with van der Waals surface area (Å²) in [6, 6.07) is 19.4. The molecule has 174 valence electrons. The molecule has 1 N–H and O–H groups in total. The number of rotatable bonds is 5. The Balaban J connectivity index is 1.23. The van der Waals surface area contributed by atoms with E-state index >= 15 is 0 Å². The van der Waals surface area contributed by atoms with Crippen LogP contribution in [-0.2, 0) is 16.9 Å². The molecule has 1 aromatic heterocycles. The van der Waals surface area contributed by atoms with Gasteiger partial charge in [0.15, 0.2) is 0 Å². The highest BCUT2D eigenvalue weighted by Gasteiger charge is 2.40. The lowest BCUT2D eigenvalue weighted by Gasteiger charge is -2.47. The third kappa shape index (κ3) is 4.32. The highest BCUT2D eigenvalue weighted by molar-refractivity contribution is 5.83. The first kappa shape index (κ1) is 22.2. The molecule has 3 heterocycles. The third-order valence-electron chi connectivity index (χ3n) is 8.00. The van der Waals surface area contributed by atoms with Gasteiger partial charge in [0.25, 0.3) is 0 Å². The lowest BCUT2D eigenvalue weighted by molar-refractivity contribution is -0.140. The Hall–Kier alpha value is -2.63. The SMILES string of the molecule is CN(C)C1(c2ccccc2)CCN(C(=O)C2CCCN(Cc3cccc4[nH]ccc34)C2)CC1. The van der Waals surface area contributed by atoms with Crippen molar-refractivity contribution in [2.24, 2.45) is 5.92 Å². The highest BCUT2D eigenvalue weighted by Crippen LogP contribution is 2.38. The summed E-state index contributed by atoms with van der Waals surface area (Å²) < 4.78 is 0. The van der Waals surface area contributed by atoms with Crippen LogP contribution in [0.25, 0.3) is 10.9 Å². The van der Waals surface area contributed by atoms with Gasteiger partial charge in [-0.3, -0.25) is 14.6 Å². The van der Waals surface area contributed by atoms with Crippen LogP contribution < -0.4 is 0 Å². The molecule has 1 unspecified atom stereocenters. The summed E-state index contributed by atoms with van der Waals surface area (Å²) >= 11 is 0. The van der Waals surface area contributed by atoms with Crippen molar-refractivity contribution in [2.75, 3.05) is 40.3 Å². The molecule has 0 saturated carbocycles. The minimum absolute atomic E-state index is 0.0197. The number of carbonyl (C=O) groups is 1. The Morgan fingerprint density at radius 2 is 1.82 bits per heavy atom. The molecule has 33 heavy (non-hydrogen) atoms. The van der Waals surface area contributed by atoms with Gasteiger partial charge in [-0.05, 0) is 69.6 Å². The van der Waals surface area contributed by atoms with Crippen LogP contribution in [0.5, 0.6) is 0 Å². The van der Waals surface area contributed by atoms with Crippen LogP contribution >= 0.6 is 0 Å². The molecular weight excluding hydrogens is 408 g/mol. The predicted octanol–water partition coefficient (Wildman–Crippen LogP) is 4.46. The number of carbonyl (C=O) groups excluding carboxylic acids is 1. The number of amides is 1. The summed E-state index contributed by atoms with van der Waals surface area (Å²) in [5.41, 5.74) is 3.92. The smallest absolute Gasteiger partial charge is 0.226 e. The van der Waals surface area contributed by atoms with E-state index in [1.807, 2.05) is 6.20 Å². The van der Waals surface area contributed by atoms with E-state index in [0.717, 1.165) is 58.4 Å². The number of nitrogens with zero attached hydrogens (tertiary/aromatic N) is 3. The minimum atomic E-state index is 0.0197. The van der Waals surface area contributed by atoms with Gasteiger partial charge in [-0.1, -0.05) is 42.5 Å². The number of aromatic nitrogens is 1. The molecule has 5 rings (SSSR count). The third-order valence-corrected chi connectivity index (χ3v) is 8.00. The Labute approximate surface area is 197 Å². The van der Waals surface area contributed by atoms with Crippen LogP contribution in [-0.4, -0.2) is 65.9 Å². The van der Waals surface area contributed by atoms with Crippen molar-refractivity contribution in [3.63, 3.8) is 0 Å². The van der Waals surface area contributed by atoms with Gasteiger partial charge in [-0.25, -0.2) is 0 Å². The van der Waals surface area contributed by atoms with Crippen LogP contribution in [0.15, 0.2) is 60.8 Å². The maximum absolute atomic E-state index is 13.5. The average Bonchev–Trinajstić information content (AvgIpc) is 3.34. The van der Waals surface area contributed by atoms with Crippen LogP contribution in [0.1, 0.15) is 36.8 Å². The van der Waals surface area contributed by atoms with E-state index in [1.54, 1.807) is 0 Å². The van der Waals surface area contributed by atoms with Gasteiger partial charge in [-0.2, -0.15) is 0 Å². The molecule has 5 nitrogen and oxygen atoms in total. The van der Waals surface area contributed by atoms with Crippen molar-refractivity contribution in [2.45, 2.75) is 37.8 Å². The first-order valence-electron chi connectivity index (χ1n) is 12.4.